The number of Topliss-reactive ketones (excluding diaryl/α,β-unsaturated/α-hetero) is 1. The van der Waals surface area contributed by atoms with Crippen LogP contribution in [0.1, 0.15) is 117 Å². The minimum atomic E-state index is -1.91. The van der Waals surface area contributed by atoms with Crippen LogP contribution in [0.15, 0.2) is 24.3 Å². The molecule has 1 aromatic rings. The van der Waals surface area contributed by atoms with Gasteiger partial charge in [0.1, 0.15) is 42.0 Å². The Morgan fingerprint density at radius 2 is 1.41 bits per heavy atom. The van der Waals surface area contributed by atoms with Crippen molar-refractivity contribution in [2.45, 2.75) is 178 Å². The maximum atomic E-state index is 14.2. The Morgan fingerprint density at radius 1 is 0.783 bits per heavy atom. The van der Waals surface area contributed by atoms with Crippen molar-refractivity contribution in [3.8, 4) is 5.75 Å². The van der Waals surface area contributed by atoms with Crippen molar-refractivity contribution in [2.24, 2.45) is 11.8 Å². The smallest absolute Gasteiger partial charge is 0.248 e. The van der Waals surface area contributed by atoms with E-state index in [0.717, 1.165) is 47.8 Å². The zero-order chi connectivity index (χ0) is 50.9. The average molecular weight is 974 g/mol. The van der Waals surface area contributed by atoms with E-state index in [4.69, 9.17) is 0 Å². The highest BCUT2D eigenvalue weighted by Crippen LogP contribution is 2.26. The minimum absolute atomic E-state index is 0.00325. The van der Waals surface area contributed by atoms with Crippen LogP contribution in [0.3, 0.4) is 0 Å². The third-order valence-corrected chi connectivity index (χ3v) is 13.4. The summed E-state index contributed by atoms with van der Waals surface area (Å²) in [4.78, 5) is 113. The van der Waals surface area contributed by atoms with E-state index in [0.29, 0.717) is 12.0 Å². The normalized spacial score (nSPS) is 28.1. The van der Waals surface area contributed by atoms with Crippen molar-refractivity contribution >= 4 is 47.1 Å². The number of nitrogens with one attached hydrogen (secondary N) is 5. The van der Waals surface area contributed by atoms with Crippen molar-refractivity contribution in [3.05, 3.63) is 29.8 Å². The number of amides is 7. The summed E-state index contributed by atoms with van der Waals surface area (Å²) in [6.07, 6.45) is 2.54. The first-order valence-corrected chi connectivity index (χ1v) is 24.5. The average Bonchev–Trinajstić information content (AvgIpc) is 3.85. The summed E-state index contributed by atoms with van der Waals surface area (Å²) in [6.45, 7) is 4.69. The molecule has 3 heterocycles. The van der Waals surface area contributed by atoms with E-state index in [1.807, 2.05) is 0 Å². The Bertz CT molecular complexity index is 1920. The van der Waals surface area contributed by atoms with Gasteiger partial charge >= 0.3 is 0 Å². The fourth-order valence-electron chi connectivity index (χ4n) is 9.01. The Hall–Kier alpha value is -5.22. The summed E-state index contributed by atoms with van der Waals surface area (Å²) < 4.78 is 0. The fourth-order valence-corrected chi connectivity index (χ4v) is 9.01. The molecular formula is C48H75N7O14. The van der Waals surface area contributed by atoms with Crippen LogP contribution in [0, 0.1) is 11.8 Å². The van der Waals surface area contributed by atoms with E-state index in [1.54, 1.807) is 6.92 Å². The van der Waals surface area contributed by atoms with Crippen LogP contribution in [0.4, 0.5) is 0 Å². The maximum absolute atomic E-state index is 14.2. The van der Waals surface area contributed by atoms with Crippen molar-refractivity contribution in [1.29, 1.82) is 0 Å². The van der Waals surface area contributed by atoms with Crippen molar-refractivity contribution in [2.75, 3.05) is 26.2 Å². The van der Waals surface area contributed by atoms with Crippen LogP contribution in [-0.4, -0.2) is 174 Å². The monoisotopic (exact) mass is 974 g/mol. The quantitative estimate of drug-likeness (QED) is 0.0772. The highest BCUT2D eigenvalue weighted by Gasteiger charge is 2.48. The summed E-state index contributed by atoms with van der Waals surface area (Å²) in [5, 5.41) is 76.4. The van der Waals surface area contributed by atoms with E-state index < -0.39 is 140 Å². The van der Waals surface area contributed by atoms with Crippen molar-refractivity contribution < 1.29 is 69.0 Å². The molecule has 3 saturated heterocycles. The predicted octanol–water partition coefficient (Wildman–Crippen LogP) is -1.19. The number of phenolic OH excluding ortho intramolecular Hbond substituents is 1. The minimum Gasteiger partial charge on any atom is -0.508 e. The molecule has 386 valence electrons. The molecule has 0 saturated carbocycles. The summed E-state index contributed by atoms with van der Waals surface area (Å²) in [5.74, 6) is -7.84. The van der Waals surface area contributed by atoms with Crippen LogP contribution in [0.5, 0.6) is 5.75 Å². The number of phenols is 1. The van der Waals surface area contributed by atoms with E-state index in [2.05, 4.69) is 40.4 Å². The van der Waals surface area contributed by atoms with Gasteiger partial charge in [0, 0.05) is 44.7 Å². The number of aliphatic hydroxyl groups excluding tert-OH is 5. The lowest BCUT2D eigenvalue weighted by Gasteiger charge is -2.32. The van der Waals surface area contributed by atoms with Gasteiger partial charge in [0.15, 0.2) is 5.78 Å². The second-order valence-electron chi connectivity index (χ2n) is 19.2. The van der Waals surface area contributed by atoms with Gasteiger partial charge in [0.25, 0.3) is 0 Å². The Labute approximate surface area is 403 Å². The van der Waals surface area contributed by atoms with Gasteiger partial charge in [-0.3, -0.25) is 38.4 Å². The first kappa shape index (κ1) is 56.4. The molecule has 11 N–H and O–H groups in total. The maximum Gasteiger partial charge on any atom is 0.248 e. The molecule has 0 aliphatic carbocycles. The molecule has 3 fully saturated rings. The molecule has 21 nitrogen and oxygen atoms in total. The highest BCUT2D eigenvalue weighted by atomic mass is 16.3. The summed E-state index contributed by atoms with van der Waals surface area (Å²) in [5.41, 5.74) is 0.397. The number of aliphatic hydroxyl groups is 5. The van der Waals surface area contributed by atoms with Crippen LogP contribution in [-0.2, 0) is 44.8 Å². The molecule has 3 aliphatic heterocycles. The molecule has 0 radical (unpaired) electrons. The SMILES string of the molecule is CCC(C)CCCCCCCCCCC(=O)N[C@@H]1CC(=O)CNC(=O)[C@@H]2[C@@H](O)[C@@H](C)CN2C(=O)[C@H](CO)NC(=O)[C@H]([C@H](O)Cc2ccc(O)cc2)NC(=O)[C@@H]2C[C@@H](O)CN2C(=O)[C@H]([C@@H](C)O)NC1=O. The lowest BCUT2D eigenvalue weighted by molar-refractivity contribution is -0.146. The van der Waals surface area contributed by atoms with E-state index >= 15 is 0 Å². The Morgan fingerprint density at radius 3 is 2.03 bits per heavy atom. The molecule has 69 heavy (non-hydrogen) atoms. The molecular weight excluding hydrogens is 899 g/mol. The van der Waals surface area contributed by atoms with E-state index in [1.165, 1.54) is 56.9 Å². The molecule has 7 amide bonds. The Kier molecular flexibility index (Phi) is 22.3. The summed E-state index contributed by atoms with van der Waals surface area (Å²) >= 11 is 0. The number of ketones is 1. The first-order chi connectivity index (χ1) is 32.7. The lowest BCUT2D eigenvalue weighted by Crippen LogP contribution is -2.63. The highest BCUT2D eigenvalue weighted by molar-refractivity contribution is 6.00. The number of hydrogen-bond acceptors (Lipinski definition) is 14. The third-order valence-electron chi connectivity index (χ3n) is 13.4. The second kappa shape index (κ2) is 27.2. The van der Waals surface area contributed by atoms with Gasteiger partial charge in [-0.15, -0.1) is 0 Å². The van der Waals surface area contributed by atoms with Crippen LogP contribution < -0.4 is 26.6 Å². The molecule has 21 heteroatoms. The van der Waals surface area contributed by atoms with Crippen LogP contribution in [0.25, 0.3) is 0 Å². The molecule has 12 atom stereocenters. The zero-order valence-corrected chi connectivity index (χ0v) is 40.3. The van der Waals surface area contributed by atoms with Gasteiger partial charge in [0.05, 0.1) is 37.6 Å². The topological polar surface area (TPSA) is 325 Å². The third kappa shape index (κ3) is 16.4. The number of carbonyl (C=O) groups excluding carboxylic acids is 8. The van der Waals surface area contributed by atoms with Gasteiger partial charge in [-0.1, -0.05) is 90.7 Å². The van der Waals surface area contributed by atoms with Crippen LogP contribution >= 0.6 is 0 Å². The number of carbonyl (C=O) groups is 8. The number of nitrogens with zero attached hydrogens (tertiary/aromatic N) is 2. The molecule has 0 aromatic heterocycles. The number of benzene rings is 1. The molecule has 0 spiro atoms. The van der Waals surface area contributed by atoms with Gasteiger partial charge in [-0.25, -0.2) is 0 Å². The number of fused-ring (bicyclic) bond motifs is 2. The van der Waals surface area contributed by atoms with Gasteiger partial charge in [0.2, 0.25) is 41.4 Å². The van der Waals surface area contributed by atoms with Gasteiger partial charge in [-0.2, -0.15) is 0 Å². The molecule has 3 aliphatic rings. The van der Waals surface area contributed by atoms with Gasteiger partial charge < -0.3 is 67.0 Å². The molecule has 4 rings (SSSR count). The Balaban J connectivity index is 1.61. The van der Waals surface area contributed by atoms with Gasteiger partial charge in [-0.05, 0) is 37.0 Å². The predicted molar refractivity (Wildman–Crippen MR) is 249 cm³/mol. The number of unbranched alkanes of at least 4 members (excludes halogenated alkanes) is 7. The first-order valence-electron chi connectivity index (χ1n) is 24.5. The molecule has 1 unspecified atom stereocenters. The standard InChI is InChI=1S/C48H75N7O14/c1-5-27(2)14-12-10-8-6-7-9-11-13-15-38(62)50-34-21-32(59)23-49-46(67)41-42(63)28(3)24-55(41)47(68)35(26-56)51-45(66)40(37(61)20-30-16-18-31(58)19-17-30)53-44(65)36-22-33(60)25-54(36)48(69)39(29(4)57)52-43(34)64/h16-19,27-29,33-37,39-42,56-58,60-61,63H,5-15,20-26H2,1-4H3,(H,49,67)(H,50,62)(H,51,66)(H,52,64)(H,53,65)/t27?,28-,29+,33+,34+,35-,36-,37+,39-,40-,41-,42-/m0/s1. The zero-order valence-electron chi connectivity index (χ0n) is 40.3. The largest absolute Gasteiger partial charge is 0.508 e. The number of aromatic hydroxyl groups is 1. The molecule has 0 bridgehead atoms. The molecule has 1 aromatic carbocycles. The summed E-state index contributed by atoms with van der Waals surface area (Å²) in [7, 11) is 0. The van der Waals surface area contributed by atoms with Crippen molar-refractivity contribution in [3.63, 3.8) is 0 Å². The summed E-state index contributed by atoms with van der Waals surface area (Å²) in [6, 6.07) is -4.78. The van der Waals surface area contributed by atoms with Crippen LogP contribution in [0.2, 0.25) is 0 Å². The lowest BCUT2D eigenvalue weighted by atomic mass is 9.99. The van der Waals surface area contributed by atoms with E-state index in [-0.39, 0.29) is 31.6 Å². The number of rotatable bonds is 18. The fraction of sp³-hybridized carbons (Fsp3) is 0.708. The van der Waals surface area contributed by atoms with E-state index in [9.17, 15) is 69.0 Å². The second-order valence-corrected chi connectivity index (χ2v) is 19.2. The van der Waals surface area contributed by atoms with Crippen molar-refractivity contribution in [1.82, 2.24) is 36.4 Å². The number of hydrogen-bond donors (Lipinski definition) is 11.